The summed E-state index contributed by atoms with van der Waals surface area (Å²) >= 11 is 0. The third-order valence-electron chi connectivity index (χ3n) is 6.62. The van der Waals surface area contributed by atoms with Crippen LogP contribution in [-0.2, 0) is 9.53 Å². The first kappa shape index (κ1) is 22.5. The smallest absolute Gasteiger partial charge is 0.325 e. The number of imide groups is 1. The molecule has 2 unspecified atom stereocenters. The lowest BCUT2D eigenvalue weighted by Crippen LogP contribution is -2.47. The zero-order valence-electron chi connectivity index (χ0n) is 18.6. The van der Waals surface area contributed by atoms with Crippen LogP contribution < -0.4 is 5.32 Å². The number of hydrogen-bond donors (Lipinski definition) is 2. The summed E-state index contributed by atoms with van der Waals surface area (Å²) in [6.07, 6.45) is 4.06. The predicted octanol–water partition coefficient (Wildman–Crippen LogP) is 4.11. The maximum absolute atomic E-state index is 13.1. The summed E-state index contributed by atoms with van der Waals surface area (Å²) in [5.74, 6) is -0.207. The molecule has 1 aliphatic heterocycles. The molecule has 0 bridgehead atoms. The van der Waals surface area contributed by atoms with Crippen molar-refractivity contribution in [2.45, 2.75) is 63.2 Å². The third-order valence-corrected chi connectivity index (χ3v) is 6.62. The molecule has 6 nitrogen and oxygen atoms in total. The zero-order chi connectivity index (χ0) is 22.6. The Bertz CT molecular complexity index is 938. The maximum Gasteiger partial charge on any atom is 0.325 e. The number of carbonyl (C=O) groups excluding carboxylic acids is 2. The van der Waals surface area contributed by atoms with E-state index >= 15 is 0 Å². The highest BCUT2D eigenvalue weighted by molar-refractivity contribution is 6.07. The Hall–Kier alpha value is -2.70. The van der Waals surface area contributed by atoms with E-state index in [1.54, 1.807) is 0 Å². The number of ether oxygens (including phenoxy) is 1. The van der Waals surface area contributed by atoms with Crippen LogP contribution in [0.5, 0.6) is 0 Å². The second-order valence-electron chi connectivity index (χ2n) is 8.98. The van der Waals surface area contributed by atoms with Gasteiger partial charge in [-0.2, -0.15) is 0 Å². The number of rotatable bonds is 7. The summed E-state index contributed by atoms with van der Waals surface area (Å²) in [4.78, 5) is 26.8. The van der Waals surface area contributed by atoms with Crippen molar-refractivity contribution in [2.24, 2.45) is 0 Å². The molecule has 32 heavy (non-hydrogen) atoms. The van der Waals surface area contributed by atoms with E-state index < -0.39 is 17.7 Å². The molecule has 3 amide bonds. The minimum Gasteiger partial charge on any atom is -0.389 e. The van der Waals surface area contributed by atoms with Gasteiger partial charge in [0.2, 0.25) is 0 Å². The first-order valence-electron chi connectivity index (χ1n) is 11.5. The number of hydrogen-bond acceptors (Lipinski definition) is 4. The molecule has 4 rings (SSSR count). The Morgan fingerprint density at radius 2 is 1.66 bits per heavy atom. The average Bonchev–Trinajstić information content (AvgIpc) is 2.95. The number of urea groups is 1. The second-order valence-corrected chi connectivity index (χ2v) is 8.98. The van der Waals surface area contributed by atoms with Crippen LogP contribution in [0.2, 0.25) is 0 Å². The van der Waals surface area contributed by atoms with Crippen LogP contribution >= 0.6 is 0 Å². The van der Waals surface area contributed by atoms with Crippen LogP contribution in [0.1, 0.15) is 61.3 Å². The highest BCUT2D eigenvalue weighted by Gasteiger charge is 2.50. The van der Waals surface area contributed by atoms with Crippen LogP contribution in [0.15, 0.2) is 54.6 Å². The maximum atomic E-state index is 13.1. The van der Waals surface area contributed by atoms with Gasteiger partial charge in [-0.1, -0.05) is 80.3 Å². The van der Waals surface area contributed by atoms with Crippen molar-refractivity contribution in [1.29, 1.82) is 0 Å². The Morgan fingerprint density at radius 1 is 1.00 bits per heavy atom. The van der Waals surface area contributed by atoms with E-state index in [0.717, 1.165) is 42.4 Å². The monoisotopic (exact) mass is 436 g/mol. The Balaban J connectivity index is 1.44. The summed E-state index contributed by atoms with van der Waals surface area (Å²) in [6, 6.07) is 17.5. The standard InChI is InChI=1S/C26H32N2O4/c1-19-11-7-8-14-22(19)23(20-12-5-4-6-13-20)32-18-21(29)17-28-24(30)26(27-25(28)31)15-9-2-3-10-16-26/h4-8,11-14,21,23,29H,2-3,9-10,15-18H2,1H3,(H,27,31). The summed E-state index contributed by atoms with van der Waals surface area (Å²) in [7, 11) is 0. The van der Waals surface area contributed by atoms with Gasteiger partial charge in [0.15, 0.2) is 0 Å². The molecule has 2 aliphatic rings. The number of nitrogens with zero attached hydrogens (tertiary/aromatic N) is 1. The van der Waals surface area contributed by atoms with Gasteiger partial charge in [0.1, 0.15) is 11.6 Å². The van der Waals surface area contributed by atoms with Crippen molar-refractivity contribution < 1.29 is 19.4 Å². The minimum atomic E-state index is -0.971. The van der Waals surface area contributed by atoms with E-state index in [9.17, 15) is 14.7 Å². The summed E-state index contributed by atoms with van der Waals surface area (Å²) in [5, 5.41) is 13.6. The summed E-state index contributed by atoms with van der Waals surface area (Å²) < 4.78 is 6.17. The van der Waals surface area contributed by atoms with E-state index in [-0.39, 0.29) is 25.2 Å². The van der Waals surface area contributed by atoms with Crippen LogP contribution in [0, 0.1) is 6.92 Å². The molecule has 170 valence electrons. The van der Waals surface area contributed by atoms with Gasteiger partial charge in [-0.3, -0.25) is 9.69 Å². The fraction of sp³-hybridized carbons (Fsp3) is 0.462. The number of aliphatic hydroxyl groups excluding tert-OH is 1. The van der Waals surface area contributed by atoms with Crippen molar-refractivity contribution in [2.75, 3.05) is 13.2 Å². The Labute approximate surface area is 189 Å². The molecule has 2 aromatic carbocycles. The summed E-state index contributed by atoms with van der Waals surface area (Å²) in [5.41, 5.74) is 2.32. The van der Waals surface area contributed by atoms with Crippen molar-refractivity contribution in [1.82, 2.24) is 10.2 Å². The second kappa shape index (κ2) is 9.84. The van der Waals surface area contributed by atoms with Gasteiger partial charge in [-0.05, 0) is 36.5 Å². The molecule has 0 radical (unpaired) electrons. The Morgan fingerprint density at radius 3 is 2.34 bits per heavy atom. The topological polar surface area (TPSA) is 78.9 Å². The normalized spacial score (nSPS) is 20.1. The van der Waals surface area contributed by atoms with Crippen molar-refractivity contribution in [3.05, 3.63) is 71.3 Å². The quantitative estimate of drug-likeness (QED) is 0.641. The zero-order valence-corrected chi connectivity index (χ0v) is 18.6. The van der Waals surface area contributed by atoms with Gasteiger partial charge >= 0.3 is 6.03 Å². The van der Waals surface area contributed by atoms with Crippen LogP contribution in [0.25, 0.3) is 0 Å². The van der Waals surface area contributed by atoms with Gasteiger partial charge in [-0.15, -0.1) is 0 Å². The molecular formula is C26H32N2O4. The van der Waals surface area contributed by atoms with Crippen molar-refractivity contribution in [3.8, 4) is 0 Å². The minimum absolute atomic E-state index is 0.0119. The molecule has 2 atom stereocenters. The van der Waals surface area contributed by atoms with E-state index in [1.807, 2.05) is 61.5 Å². The fourth-order valence-corrected chi connectivity index (χ4v) is 4.86. The molecule has 6 heteroatoms. The van der Waals surface area contributed by atoms with Gasteiger partial charge in [-0.25, -0.2) is 4.79 Å². The molecule has 1 saturated carbocycles. The van der Waals surface area contributed by atoms with Crippen molar-refractivity contribution >= 4 is 11.9 Å². The lowest BCUT2D eigenvalue weighted by molar-refractivity contribution is -0.133. The number of amides is 3. The average molecular weight is 437 g/mol. The molecule has 1 spiro atoms. The number of benzene rings is 2. The lowest BCUT2D eigenvalue weighted by atomic mass is 9.90. The van der Waals surface area contributed by atoms with Crippen LogP contribution in [0.3, 0.4) is 0 Å². The molecule has 1 saturated heterocycles. The Kier molecular flexibility index (Phi) is 6.92. The van der Waals surface area contributed by atoms with E-state index in [2.05, 4.69) is 5.32 Å². The molecule has 2 N–H and O–H groups in total. The highest BCUT2D eigenvalue weighted by atomic mass is 16.5. The van der Waals surface area contributed by atoms with Gasteiger partial charge in [0.25, 0.3) is 5.91 Å². The van der Waals surface area contributed by atoms with Gasteiger partial charge in [0, 0.05) is 0 Å². The molecular weight excluding hydrogens is 404 g/mol. The van der Waals surface area contributed by atoms with Gasteiger partial charge in [0.05, 0.1) is 19.3 Å². The third kappa shape index (κ3) is 4.71. The number of carbonyl (C=O) groups is 2. The highest BCUT2D eigenvalue weighted by Crippen LogP contribution is 2.33. The van der Waals surface area contributed by atoms with E-state index in [0.29, 0.717) is 12.8 Å². The first-order chi connectivity index (χ1) is 15.5. The van der Waals surface area contributed by atoms with E-state index in [1.165, 1.54) is 4.90 Å². The molecule has 2 fully saturated rings. The SMILES string of the molecule is Cc1ccccc1C(OCC(O)CN1C(=O)NC2(CCCCCC2)C1=O)c1ccccc1. The first-order valence-corrected chi connectivity index (χ1v) is 11.5. The number of aliphatic hydroxyl groups is 1. The predicted molar refractivity (Wildman–Crippen MR) is 122 cm³/mol. The van der Waals surface area contributed by atoms with Crippen molar-refractivity contribution in [3.63, 3.8) is 0 Å². The van der Waals surface area contributed by atoms with Crippen LogP contribution in [0.4, 0.5) is 4.79 Å². The lowest BCUT2D eigenvalue weighted by Gasteiger charge is -2.26. The molecule has 0 aromatic heterocycles. The summed E-state index contributed by atoms with van der Waals surface area (Å²) in [6.45, 7) is 1.98. The fourth-order valence-electron chi connectivity index (χ4n) is 4.86. The van der Waals surface area contributed by atoms with Crippen LogP contribution in [-0.4, -0.2) is 46.7 Å². The van der Waals surface area contributed by atoms with E-state index in [4.69, 9.17) is 4.74 Å². The largest absolute Gasteiger partial charge is 0.389 e. The number of β-amino-alcohol motifs (C(OH)–C–C–N with tert-alkyl or cyclic N) is 1. The number of aryl methyl sites for hydroxylation is 1. The molecule has 2 aromatic rings. The van der Waals surface area contributed by atoms with Gasteiger partial charge < -0.3 is 15.2 Å². The molecule has 1 heterocycles. The number of nitrogens with one attached hydrogen (secondary N) is 1. The molecule has 1 aliphatic carbocycles.